The number of aromatic nitrogens is 3. The van der Waals surface area contributed by atoms with Gasteiger partial charge in [0.1, 0.15) is 12.2 Å². The van der Waals surface area contributed by atoms with Crippen molar-refractivity contribution in [3.63, 3.8) is 0 Å². The van der Waals surface area contributed by atoms with Crippen LogP contribution in [0.2, 0.25) is 0 Å². The van der Waals surface area contributed by atoms with E-state index in [1.807, 2.05) is 7.05 Å². The van der Waals surface area contributed by atoms with Crippen LogP contribution in [0, 0.1) is 5.41 Å². The molecule has 0 amide bonds. The van der Waals surface area contributed by atoms with Crippen LogP contribution in [0.5, 0.6) is 0 Å². The second kappa shape index (κ2) is 5.71. The van der Waals surface area contributed by atoms with E-state index in [0.29, 0.717) is 11.8 Å². The molecule has 1 aromatic rings. The van der Waals surface area contributed by atoms with Gasteiger partial charge in [-0.25, -0.2) is 4.98 Å². The van der Waals surface area contributed by atoms with E-state index in [1.165, 1.54) is 0 Å². The number of halogens is 2. The van der Waals surface area contributed by atoms with Crippen LogP contribution < -0.4 is 0 Å². The third-order valence-corrected chi connectivity index (χ3v) is 3.82. The Bertz CT molecular complexity index is 295. The van der Waals surface area contributed by atoms with E-state index in [-0.39, 0.29) is 5.41 Å². The highest BCUT2D eigenvalue weighted by atomic mass is 35.5. The fourth-order valence-corrected chi connectivity index (χ4v) is 2.44. The lowest BCUT2D eigenvalue weighted by atomic mass is 9.84. The van der Waals surface area contributed by atoms with E-state index in [2.05, 4.69) is 17.0 Å². The van der Waals surface area contributed by atoms with Gasteiger partial charge in [-0.3, -0.25) is 4.68 Å². The molecular formula is C10H17Cl2N3. The van der Waals surface area contributed by atoms with Crippen molar-refractivity contribution < 1.29 is 0 Å². The van der Waals surface area contributed by atoms with Gasteiger partial charge >= 0.3 is 0 Å². The molecule has 86 valence electrons. The van der Waals surface area contributed by atoms with Crippen LogP contribution in [0.3, 0.4) is 0 Å². The van der Waals surface area contributed by atoms with Gasteiger partial charge in [-0.1, -0.05) is 13.3 Å². The Morgan fingerprint density at radius 1 is 1.40 bits per heavy atom. The van der Waals surface area contributed by atoms with E-state index in [1.54, 1.807) is 11.0 Å². The molecular weight excluding hydrogens is 233 g/mol. The first-order valence-corrected chi connectivity index (χ1v) is 6.19. The summed E-state index contributed by atoms with van der Waals surface area (Å²) in [6.45, 7) is 2.14. The second-order valence-corrected chi connectivity index (χ2v) is 4.53. The summed E-state index contributed by atoms with van der Waals surface area (Å²) in [5.41, 5.74) is -0.0430. The molecule has 0 N–H and O–H groups in total. The average molecular weight is 250 g/mol. The number of hydrogen-bond acceptors (Lipinski definition) is 2. The Kier molecular flexibility index (Phi) is 4.87. The van der Waals surface area contributed by atoms with Gasteiger partial charge in [0.25, 0.3) is 0 Å². The Balaban J connectivity index is 2.78. The first kappa shape index (κ1) is 12.8. The molecule has 0 radical (unpaired) electrons. The number of hydrogen-bond donors (Lipinski definition) is 0. The summed E-state index contributed by atoms with van der Waals surface area (Å²) in [6, 6.07) is 0. The van der Waals surface area contributed by atoms with Gasteiger partial charge in [0.2, 0.25) is 0 Å². The van der Waals surface area contributed by atoms with Gasteiger partial charge in [-0.05, 0) is 6.42 Å². The summed E-state index contributed by atoms with van der Waals surface area (Å²) in [5.74, 6) is 2.08. The number of aryl methyl sites for hydroxylation is 1. The molecule has 5 heteroatoms. The molecule has 15 heavy (non-hydrogen) atoms. The quantitative estimate of drug-likeness (QED) is 0.726. The normalized spacial score (nSPS) is 12.0. The second-order valence-electron chi connectivity index (χ2n) is 3.99. The first-order valence-electron chi connectivity index (χ1n) is 5.12. The Morgan fingerprint density at radius 2 is 2.07 bits per heavy atom. The number of alkyl halides is 2. The average Bonchev–Trinajstić information content (AvgIpc) is 2.63. The van der Waals surface area contributed by atoms with Crippen LogP contribution in [0.25, 0.3) is 0 Å². The molecule has 0 saturated heterocycles. The zero-order valence-corrected chi connectivity index (χ0v) is 10.7. The Hall–Kier alpha value is -0.280. The maximum atomic E-state index is 6.03. The minimum Gasteiger partial charge on any atom is -0.253 e. The van der Waals surface area contributed by atoms with Gasteiger partial charge in [0.05, 0.1) is 0 Å². The zero-order valence-electron chi connectivity index (χ0n) is 9.21. The lowest BCUT2D eigenvalue weighted by molar-refractivity contribution is 0.329. The predicted molar refractivity (Wildman–Crippen MR) is 63.5 cm³/mol. The van der Waals surface area contributed by atoms with E-state index < -0.39 is 0 Å². The largest absolute Gasteiger partial charge is 0.253 e. The van der Waals surface area contributed by atoms with Crippen molar-refractivity contribution in [1.29, 1.82) is 0 Å². The summed E-state index contributed by atoms with van der Waals surface area (Å²) >= 11 is 12.1. The predicted octanol–water partition coefficient (Wildman–Crippen LogP) is 2.62. The van der Waals surface area contributed by atoms with Crippen LogP contribution in [0.15, 0.2) is 6.33 Å². The molecule has 1 aromatic heterocycles. The maximum Gasteiger partial charge on any atom is 0.138 e. The maximum absolute atomic E-state index is 6.03. The van der Waals surface area contributed by atoms with Crippen molar-refractivity contribution in [3.8, 4) is 0 Å². The molecule has 0 atom stereocenters. The molecule has 0 aliphatic rings. The molecule has 0 bridgehead atoms. The van der Waals surface area contributed by atoms with Crippen LogP contribution in [-0.4, -0.2) is 26.5 Å². The fourth-order valence-electron chi connectivity index (χ4n) is 1.70. The summed E-state index contributed by atoms with van der Waals surface area (Å²) in [6.07, 6.45) is 4.46. The highest BCUT2D eigenvalue weighted by Gasteiger charge is 2.29. The number of nitrogens with zero attached hydrogens (tertiary/aromatic N) is 3. The van der Waals surface area contributed by atoms with Crippen molar-refractivity contribution in [2.24, 2.45) is 12.5 Å². The standard InChI is InChI=1S/C10H17Cl2N3/c1-3-4-10(6-11,7-12)5-9-13-8-14-15(9)2/h8H,3-7H2,1-2H3. The molecule has 0 saturated carbocycles. The fraction of sp³-hybridized carbons (Fsp3) is 0.800. The Labute approximate surface area is 101 Å². The van der Waals surface area contributed by atoms with Crippen LogP contribution in [-0.2, 0) is 13.5 Å². The molecule has 0 aliphatic carbocycles. The van der Waals surface area contributed by atoms with E-state index in [4.69, 9.17) is 23.2 Å². The van der Waals surface area contributed by atoms with Crippen molar-refractivity contribution in [3.05, 3.63) is 12.2 Å². The summed E-state index contributed by atoms with van der Waals surface area (Å²) in [7, 11) is 1.89. The van der Waals surface area contributed by atoms with Gasteiger partial charge < -0.3 is 0 Å². The van der Waals surface area contributed by atoms with Crippen molar-refractivity contribution in [1.82, 2.24) is 14.8 Å². The zero-order chi connectivity index (χ0) is 11.3. The molecule has 3 nitrogen and oxygen atoms in total. The van der Waals surface area contributed by atoms with Gasteiger partial charge in [0, 0.05) is 30.6 Å². The van der Waals surface area contributed by atoms with Crippen LogP contribution >= 0.6 is 23.2 Å². The molecule has 0 aliphatic heterocycles. The van der Waals surface area contributed by atoms with Crippen molar-refractivity contribution >= 4 is 23.2 Å². The SMILES string of the molecule is CCCC(CCl)(CCl)Cc1ncnn1C. The third-order valence-electron chi connectivity index (χ3n) is 2.69. The molecule has 1 heterocycles. The van der Waals surface area contributed by atoms with Gasteiger partial charge in [-0.2, -0.15) is 5.10 Å². The molecule has 1 rings (SSSR count). The van der Waals surface area contributed by atoms with E-state index in [0.717, 1.165) is 25.1 Å². The first-order chi connectivity index (χ1) is 7.17. The van der Waals surface area contributed by atoms with E-state index >= 15 is 0 Å². The third kappa shape index (κ3) is 3.08. The minimum absolute atomic E-state index is 0.0430. The number of rotatable bonds is 6. The highest BCUT2D eigenvalue weighted by Crippen LogP contribution is 2.31. The van der Waals surface area contributed by atoms with Crippen LogP contribution in [0.1, 0.15) is 25.6 Å². The molecule has 0 spiro atoms. The van der Waals surface area contributed by atoms with E-state index in [9.17, 15) is 0 Å². The monoisotopic (exact) mass is 249 g/mol. The van der Waals surface area contributed by atoms with Crippen molar-refractivity contribution in [2.45, 2.75) is 26.2 Å². The van der Waals surface area contributed by atoms with Crippen LogP contribution in [0.4, 0.5) is 0 Å². The lowest BCUT2D eigenvalue weighted by Gasteiger charge is -2.28. The Morgan fingerprint density at radius 3 is 2.47 bits per heavy atom. The van der Waals surface area contributed by atoms with Gasteiger partial charge in [0.15, 0.2) is 0 Å². The lowest BCUT2D eigenvalue weighted by Crippen LogP contribution is -2.29. The molecule has 0 fully saturated rings. The molecule has 0 aromatic carbocycles. The summed E-state index contributed by atoms with van der Waals surface area (Å²) in [5, 5.41) is 4.05. The van der Waals surface area contributed by atoms with Gasteiger partial charge in [-0.15, -0.1) is 23.2 Å². The topological polar surface area (TPSA) is 30.7 Å². The molecule has 0 unspecified atom stereocenters. The minimum atomic E-state index is -0.0430. The highest BCUT2D eigenvalue weighted by molar-refractivity contribution is 6.21. The summed E-state index contributed by atoms with van der Waals surface area (Å²) in [4.78, 5) is 4.21. The smallest absolute Gasteiger partial charge is 0.138 e. The van der Waals surface area contributed by atoms with Crippen molar-refractivity contribution in [2.75, 3.05) is 11.8 Å². The summed E-state index contributed by atoms with van der Waals surface area (Å²) < 4.78 is 1.78.